The quantitative estimate of drug-likeness (QED) is 0.778. The van der Waals surface area contributed by atoms with Crippen LogP contribution in [0.25, 0.3) is 0 Å². The van der Waals surface area contributed by atoms with Crippen LogP contribution in [0.2, 0.25) is 0 Å². The van der Waals surface area contributed by atoms with Crippen molar-refractivity contribution >= 4 is 0 Å². The molecule has 0 bridgehead atoms. The summed E-state index contributed by atoms with van der Waals surface area (Å²) in [4.78, 5) is 2.41. The first-order valence-electron chi connectivity index (χ1n) is 6.18. The van der Waals surface area contributed by atoms with Crippen molar-refractivity contribution < 1.29 is 5.11 Å². The maximum atomic E-state index is 10.2. The fraction of sp³-hybridized carbons (Fsp3) is 1.00. The van der Waals surface area contributed by atoms with Crippen molar-refractivity contribution in [3.05, 3.63) is 0 Å². The van der Waals surface area contributed by atoms with Crippen molar-refractivity contribution in [3.8, 4) is 0 Å². The van der Waals surface area contributed by atoms with Crippen LogP contribution in [0.15, 0.2) is 0 Å². The Bertz CT molecular complexity index is 199. The molecule has 0 spiro atoms. The van der Waals surface area contributed by atoms with E-state index < -0.39 is 5.60 Å². The first-order valence-corrected chi connectivity index (χ1v) is 6.18. The number of hydrogen-bond donors (Lipinski definition) is 1. The smallest absolute Gasteiger partial charge is 0.0768 e. The van der Waals surface area contributed by atoms with Gasteiger partial charge in [-0.1, -0.05) is 27.7 Å². The minimum atomic E-state index is -0.540. The highest BCUT2D eigenvalue weighted by molar-refractivity contribution is 4.85. The Kier molecular flexibility index (Phi) is 3.83. The van der Waals surface area contributed by atoms with Crippen molar-refractivity contribution in [2.75, 3.05) is 19.6 Å². The Morgan fingerprint density at radius 2 is 1.73 bits per heavy atom. The highest BCUT2D eigenvalue weighted by Gasteiger charge is 2.31. The molecule has 2 heteroatoms. The number of aliphatic hydroxyl groups is 1. The average molecular weight is 213 g/mol. The summed E-state index contributed by atoms with van der Waals surface area (Å²) in [5.41, 5.74) is -0.0400. The van der Waals surface area contributed by atoms with E-state index in [1.54, 1.807) is 0 Å². The van der Waals surface area contributed by atoms with Crippen molar-refractivity contribution in [2.45, 2.75) is 53.1 Å². The van der Waals surface area contributed by atoms with Gasteiger partial charge in [-0.2, -0.15) is 0 Å². The molecule has 0 aliphatic carbocycles. The molecule has 1 N–H and O–H groups in total. The van der Waals surface area contributed by atoms with Gasteiger partial charge < -0.3 is 10.0 Å². The van der Waals surface area contributed by atoms with Gasteiger partial charge in [-0.3, -0.25) is 0 Å². The zero-order valence-electron chi connectivity index (χ0n) is 11.0. The molecule has 1 aliphatic heterocycles. The van der Waals surface area contributed by atoms with Gasteiger partial charge in [0.05, 0.1) is 5.60 Å². The monoisotopic (exact) mass is 213 g/mol. The lowest BCUT2D eigenvalue weighted by Crippen LogP contribution is -2.48. The van der Waals surface area contributed by atoms with E-state index in [0.717, 1.165) is 19.6 Å². The molecule has 1 unspecified atom stereocenters. The zero-order chi connectivity index (χ0) is 11.7. The summed E-state index contributed by atoms with van der Waals surface area (Å²) < 4.78 is 0. The van der Waals surface area contributed by atoms with Crippen LogP contribution in [0.5, 0.6) is 0 Å². The van der Waals surface area contributed by atoms with Crippen LogP contribution in [-0.4, -0.2) is 35.2 Å². The maximum absolute atomic E-state index is 10.2. The van der Waals surface area contributed by atoms with Gasteiger partial charge in [0.25, 0.3) is 0 Å². The summed E-state index contributed by atoms with van der Waals surface area (Å²) in [6.07, 6.45) is 2.50. The van der Waals surface area contributed by atoms with Gasteiger partial charge in [-0.05, 0) is 44.2 Å². The maximum Gasteiger partial charge on any atom is 0.0768 e. The number of rotatable bonds is 3. The van der Waals surface area contributed by atoms with E-state index in [2.05, 4.69) is 32.6 Å². The van der Waals surface area contributed by atoms with Crippen LogP contribution in [-0.2, 0) is 0 Å². The number of β-amino-alcohol motifs (C(OH)–C–C–N with tert-alkyl or cyclic N) is 1. The SMILES string of the molecule is CC(C)C(C)(O)CN1CCC(C)(C)CC1. The van der Waals surface area contributed by atoms with Crippen LogP contribution in [0.3, 0.4) is 0 Å². The van der Waals surface area contributed by atoms with Crippen molar-refractivity contribution in [2.24, 2.45) is 11.3 Å². The molecule has 0 saturated carbocycles. The highest BCUT2D eigenvalue weighted by atomic mass is 16.3. The number of nitrogens with zero attached hydrogens (tertiary/aromatic N) is 1. The lowest BCUT2D eigenvalue weighted by molar-refractivity contribution is -0.0304. The van der Waals surface area contributed by atoms with Gasteiger partial charge in [0.2, 0.25) is 0 Å². The van der Waals surface area contributed by atoms with E-state index in [4.69, 9.17) is 0 Å². The van der Waals surface area contributed by atoms with Crippen LogP contribution < -0.4 is 0 Å². The predicted molar refractivity (Wildman–Crippen MR) is 64.9 cm³/mol. The minimum absolute atomic E-state index is 0.326. The summed E-state index contributed by atoms with van der Waals surface area (Å²) >= 11 is 0. The summed E-state index contributed by atoms with van der Waals surface area (Å²) in [7, 11) is 0. The van der Waals surface area contributed by atoms with E-state index in [9.17, 15) is 5.11 Å². The van der Waals surface area contributed by atoms with E-state index in [0.29, 0.717) is 11.3 Å². The predicted octanol–water partition coefficient (Wildman–Crippen LogP) is 2.52. The van der Waals surface area contributed by atoms with Crippen molar-refractivity contribution in [1.82, 2.24) is 4.90 Å². The second-order valence-corrected chi connectivity index (χ2v) is 6.45. The zero-order valence-corrected chi connectivity index (χ0v) is 11.0. The van der Waals surface area contributed by atoms with E-state index in [1.807, 2.05) is 6.92 Å². The van der Waals surface area contributed by atoms with E-state index in [1.165, 1.54) is 12.8 Å². The van der Waals surface area contributed by atoms with E-state index >= 15 is 0 Å². The van der Waals surface area contributed by atoms with Crippen molar-refractivity contribution in [3.63, 3.8) is 0 Å². The van der Waals surface area contributed by atoms with Crippen molar-refractivity contribution in [1.29, 1.82) is 0 Å². The van der Waals surface area contributed by atoms with Gasteiger partial charge in [0.1, 0.15) is 0 Å². The third-order valence-electron chi connectivity index (χ3n) is 4.00. The molecule has 1 aliphatic rings. The summed E-state index contributed by atoms with van der Waals surface area (Å²) in [6, 6.07) is 0. The molecule has 1 atom stereocenters. The highest BCUT2D eigenvalue weighted by Crippen LogP contribution is 2.30. The second-order valence-electron chi connectivity index (χ2n) is 6.45. The average Bonchev–Trinajstić information content (AvgIpc) is 2.08. The van der Waals surface area contributed by atoms with Crippen LogP contribution in [0.4, 0.5) is 0 Å². The Hall–Kier alpha value is -0.0800. The number of piperidine rings is 1. The normalized spacial score (nSPS) is 26.6. The molecule has 0 amide bonds. The molecule has 1 fully saturated rings. The van der Waals surface area contributed by atoms with Crippen LogP contribution in [0.1, 0.15) is 47.5 Å². The van der Waals surface area contributed by atoms with Gasteiger partial charge in [0.15, 0.2) is 0 Å². The lowest BCUT2D eigenvalue weighted by Gasteiger charge is -2.41. The summed E-state index contributed by atoms with van der Waals surface area (Å²) in [5.74, 6) is 0.326. The Labute approximate surface area is 94.7 Å². The first-order chi connectivity index (χ1) is 6.73. The topological polar surface area (TPSA) is 23.5 Å². The molecular weight excluding hydrogens is 186 g/mol. The van der Waals surface area contributed by atoms with Gasteiger partial charge >= 0.3 is 0 Å². The Morgan fingerprint density at radius 3 is 2.13 bits per heavy atom. The third-order valence-corrected chi connectivity index (χ3v) is 4.00. The second kappa shape index (κ2) is 4.42. The van der Waals surface area contributed by atoms with Gasteiger partial charge in [-0.15, -0.1) is 0 Å². The molecule has 2 nitrogen and oxygen atoms in total. The molecule has 0 aromatic heterocycles. The molecule has 1 heterocycles. The Morgan fingerprint density at radius 1 is 1.27 bits per heavy atom. The minimum Gasteiger partial charge on any atom is -0.389 e. The molecule has 1 rings (SSSR count). The standard InChI is InChI=1S/C13H27NO/c1-11(2)13(5,15)10-14-8-6-12(3,4)7-9-14/h11,15H,6-10H2,1-5H3. The molecular formula is C13H27NO. The molecule has 0 radical (unpaired) electrons. The molecule has 0 aromatic rings. The molecule has 90 valence electrons. The van der Waals surface area contributed by atoms with Crippen LogP contribution in [0, 0.1) is 11.3 Å². The fourth-order valence-corrected chi connectivity index (χ4v) is 1.95. The molecule has 15 heavy (non-hydrogen) atoms. The lowest BCUT2D eigenvalue weighted by atomic mass is 9.82. The van der Waals surface area contributed by atoms with Crippen LogP contribution >= 0.6 is 0 Å². The first kappa shape index (κ1) is 13.0. The number of likely N-dealkylation sites (tertiary alicyclic amines) is 1. The third kappa shape index (κ3) is 3.76. The van der Waals surface area contributed by atoms with Gasteiger partial charge in [0, 0.05) is 6.54 Å². The fourth-order valence-electron chi connectivity index (χ4n) is 1.95. The van der Waals surface area contributed by atoms with Gasteiger partial charge in [-0.25, -0.2) is 0 Å². The summed E-state index contributed by atoms with van der Waals surface area (Å²) in [6.45, 7) is 13.9. The summed E-state index contributed by atoms with van der Waals surface area (Å²) in [5, 5.41) is 10.2. The molecule has 1 saturated heterocycles. The number of hydrogen-bond acceptors (Lipinski definition) is 2. The largest absolute Gasteiger partial charge is 0.389 e. The molecule has 0 aromatic carbocycles. The Balaban J connectivity index is 2.42. The van der Waals surface area contributed by atoms with E-state index in [-0.39, 0.29) is 0 Å².